The molecule has 0 aliphatic carbocycles. The Morgan fingerprint density at radius 3 is 2.05 bits per heavy atom. The van der Waals surface area contributed by atoms with Gasteiger partial charge < -0.3 is 0 Å². The molecule has 2 aromatic carbocycles. The zero-order chi connectivity index (χ0) is 15.7. The summed E-state index contributed by atoms with van der Waals surface area (Å²) in [7, 11) is 0. The van der Waals surface area contributed by atoms with Gasteiger partial charge in [0.05, 0.1) is 0 Å². The molecular weight excluding hydrogens is 266 g/mol. The summed E-state index contributed by atoms with van der Waals surface area (Å²) in [5, 5.41) is 5.40. The SMILES string of the molecule is C=Cc1ccccc1C(=O)C(=O)c1ccccc1.N=C=O. The van der Waals surface area contributed by atoms with E-state index in [1.807, 2.05) is 0 Å². The Morgan fingerprint density at radius 1 is 0.952 bits per heavy atom. The molecule has 2 rings (SSSR count). The van der Waals surface area contributed by atoms with E-state index in [1.54, 1.807) is 60.7 Å². The molecule has 0 fully saturated rings. The van der Waals surface area contributed by atoms with E-state index in [0.29, 0.717) is 16.7 Å². The number of isocyanates is 1. The van der Waals surface area contributed by atoms with Gasteiger partial charge in [0.2, 0.25) is 17.6 Å². The first-order valence-corrected chi connectivity index (χ1v) is 6.05. The van der Waals surface area contributed by atoms with Crippen LogP contribution in [0.15, 0.2) is 61.2 Å². The largest absolute Gasteiger partial charge is 0.285 e. The number of nitrogens with one attached hydrogen (secondary N) is 1. The quantitative estimate of drug-likeness (QED) is 0.404. The van der Waals surface area contributed by atoms with E-state index >= 15 is 0 Å². The maximum Gasteiger partial charge on any atom is 0.234 e. The fourth-order valence-electron chi connectivity index (χ4n) is 1.72. The molecule has 2 aromatic rings. The number of hydrogen-bond donors (Lipinski definition) is 1. The lowest BCUT2D eigenvalue weighted by molar-refractivity contribution is 0.0817. The van der Waals surface area contributed by atoms with Gasteiger partial charge in [0.25, 0.3) is 0 Å². The van der Waals surface area contributed by atoms with Crippen LogP contribution in [-0.2, 0) is 4.79 Å². The molecule has 0 aliphatic rings. The molecule has 0 spiro atoms. The fourth-order valence-corrected chi connectivity index (χ4v) is 1.72. The zero-order valence-electron chi connectivity index (χ0n) is 11.2. The van der Waals surface area contributed by atoms with Gasteiger partial charge in [-0.1, -0.05) is 67.3 Å². The highest BCUT2D eigenvalue weighted by atomic mass is 16.2. The van der Waals surface area contributed by atoms with Crippen molar-refractivity contribution in [1.29, 1.82) is 5.41 Å². The van der Waals surface area contributed by atoms with Crippen LogP contribution in [0.4, 0.5) is 0 Å². The summed E-state index contributed by atoms with van der Waals surface area (Å²) in [4.78, 5) is 32.5. The molecule has 1 N–H and O–H groups in total. The van der Waals surface area contributed by atoms with E-state index in [0.717, 1.165) is 6.08 Å². The summed E-state index contributed by atoms with van der Waals surface area (Å²) in [6.45, 7) is 3.64. The number of hydrogen-bond acceptors (Lipinski definition) is 4. The van der Waals surface area contributed by atoms with E-state index in [9.17, 15) is 9.59 Å². The predicted molar refractivity (Wildman–Crippen MR) is 80.0 cm³/mol. The molecule has 21 heavy (non-hydrogen) atoms. The van der Waals surface area contributed by atoms with Gasteiger partial charge in [0.15, 0.2) is 0 Å². The van der Waals surface area contributed by atoms with Crippen molar-refractivity contribution in [2.75, 3.05) is 0 Å². The second-order valence-electron chi connectivity index (χ2n) is 3.92. The Kier molecular flexibility index (Phi) is 6.19. The molecule has 0 radical (unpaired) electrons. The number of carbonyl (C=O) groups is 2. The van der Waals surface area contributed by atoms with Gasteiger partial charge in [-0.25, -0.2) is 10.2 Å². The first kappa shape index (κ1) is 16.0. The molecule has 4 nitrogen and oxygen atoms in total. The second kappa shape index (κ2) is 8.15. The van der Waals surface area contributed by atoms with Crippen molar-refractivity contribution in [3.8, 4) is 0 Å². The van der Waals surface area contributed by atoms with Gasteiger partial charge in [-0.15, -0.1) is 0 Å². The maximum atomic E-state index is 12.1. The topological polar surface area (TPSA) is 75.1 Å². The molecule has 0 saturated carbocycles. The van der Waals surface area contributed by atoms with Crippen LogP contribution >= 0.6 is 0 Å². The van der Waals surface area contributed by atoms with Crippen LogP contribution < -0.4 is 0 Å². The minimum absolute atomic E-state index is 0.390. The van der Waals surface area contributed by atoms with Crippen molar-refractivity contribution < 1.29 is 14.4 Å². The van der Waals surface area contributed by atoms with Crippen molar-refractivity contribution in [3.05, 3.63) is 77.9 Å². The average molecular weight is 279 g/mol. The summed E-state index contributed by atoms with van der Waals surface area (Å²) >= 11 is 0. The third-order valence-electron chi connectivity index (χ3n) is 2.67. The minimum atomic E-state index is -0.503. The van der Waals surface area contributed by atoms with Gasteiger partial charge in [0, 0.05) is 11.1 Å². The van der Waals surface area contributed by atoms with Crippen LogP contribution in [-0.4, -0.2) is 17.6 Å². The highest BCUT2D eigenvalue weighted by Crippen LogP contribution is 2.13. The molecule has 0 aliphatic heterocycles. The Balaban J connectivity index is 0.000000677. The lowest BCUT2D eigenvalue weighted by atomic mass is 9.97. The normalized spacial score (nSPS) is 8.76. The predicted octanol–water partition coefficient (Wildman–Crippen LogP) is 3.30. The summed E-state index contributed by atoms with van der Waals surface area (Å²) in [6, 6.07) is 15.5. The number of carbonyl (C=O) groups excluding carboxylic acids is 3. The number of benzene rings is 2. The van der Waals surface area contributed by atoms with E-state index in [1.165, 1.54) is 0 Å². The summed E-state index contributed by atoms with van der Waals surface area (Å²) in [5.41, 5.74) is 1.47. The van der Waals surface area contributed by atoms with Gasteiger partial charge in [-0.3, -0.25) is 9.59 Å². The molecule has 104 valence electrons. The molecule has 0 bridgehead atoms. The monoisotopic (exact) mass is 279 g/mol. The van der Waals surface area contributed by atoms with Crippen LogP contribution in [0.5, 0.6) is 0 Å². The number of Topliss-reactive ketones (excluding diaryl/α,β-unsaturated/α-hetero) is 2. The van der Waals surface area contributed by atoms with Crippen LogP contribution in [0.1, 0.15) is 26.3 Å². The zero-order valence-corrected chi connectivity index (χ0v) is 11.2. The standard InChI is InChI=1S/C16H12O2.CHNO/c1-2-12-8-6-7-11-14(12)16(18)15(17)13-9-4-3-5-10-13;2-1-3/h2-11H,1H2;2H. The second-order valence-corrected chi connectivity index (χ2v) is 3.92. The van der Waals surface area contributed by atoms with E-state index in [4.69, 9.17) is 10.2 Å². The lowest BCUT2D eigenvalue weighted by Gasteiger charge is -2.04. The van der Waals surface area contributed by atoms with Crippen molar-refractivity contribution >= 4 is 23.7 Å². The first-order valence-electron chi connectivity index (χ1n) is 6.05. The van der Waals surface area contributed by atoms with E-state index in [-0.39, 0.29) is 0 Å². The molecular formula is C17H13NO3. The number of ketones is 2. The average Bonchev–Trinajstić information content (AvgIpc) is 2.55. The van der Waals surface area contributed by atoms with Crippen LogP contribution in [0, 0.1) is 5.41 Å². The van der Waals surface area contributed by atoms with Gasteiger partial charge in [-0.05, 0) is 5.56 Å². The lowest BCUT2D eigenvalue weighted by Crippen LogP contribution is -2.15. The number of rotatable bonds is 4. The van der Waals surface area contributed by atoms with Gasteiger partial charge in [-0.2, -0.15) is 0 Å². The Labute approximate surface area is 122 Å². The third kappa shape index (κ3) is 4.20. The Bertz CT molecular complexity index is 684. The highest BCUT2D eigenvalue weighted by Gasteiger charge is 2.19. The van der Waals surface area contributed by atoms with E-state index < -0.39 is 11.6 Å². The summed E-state index contributed by atoms with van der Waals surface area (Å²) < 4.78 is 0. The summed E-state index contributed by atoms with van der Waals surface area (Å²) in [6.07, 6.45) is 2.32. The van der Waals surface area contributed by atoms with Crippen molar-refractivity contribution in [3.63, 3.8) is 0 Å². The van der Waals surface area contributed by atoms with Crippen LogP contribution in [0.2, 0.25) is 0 Å². The minimum Gasteiger partial charge on any atom is -0.285 e. The van der Waals surface area contributed by atoms with Crippen molar-refractivity contribution in [2.45, 2.75) is 0 Å². The molecule has 0 atom stereocenters. The third-order valence-corrected chi connectivity index (χ3v) is 2.67. The maximum absolute atomic E-state index is 12.1. The highest BCUT2D eigenvalue weighted by molar-refractivity contribution is 6.49. The molecule has 0 amide bonds. The molecule has 0 aromatic heterocycles. The molecule has 0 unspecified atom stereocenters. The van der Waals surface area contributed by atoms with Gasteiger partial charge >= 0.3 is 0 Å². The van der Waals surface area contributed by atoms with Crippen LogP contribution in [0.25, 0.3) is 6.08 Å². The molecule has 4 heteroatoms. The van der Waals surface area contributed by atoms with Crippen molar-refractivity contribution in [1.82, 2.24) is 0 Å². The fraction of sp³-hybridized carbons (Fsp3) is 0. The Morgan fingerprint density at radius 2 is 1.48 bits per heavy atom. The first-order chi connectivity index (χ1) is 10.2. The smallest absolute Gasteiger partial charge is 0.234 e. The van der Waals surface area contributed by atoms with Crippen LogP contribution in [0.3, 0.4) is 0 Å². The summed E-state index contributed by atoms with van der Waals surface area (Å²) in [5.74, 6) is -0.999. The Hall–Kier alpha value is -3.10. The van der Waals surface area contributed by atoms with Crippen molar-refractivity contribution in [2.24, 2.45) is 0 Å². The van der Waals surface area contributed by atoms with E-state index in [2.05, 4.69) is 6.58 Å². The van der Waals surface area contributed by atoms with Gasteiger partial charge in [0.1, 0.15) is 0 Å². The molecule has 0 heterocycles. The molecule has 0 saturated heterocycles.